The number of benzene rings is 1. The van der Waals surface area contributed by atoms with Crippen LogP contribution in [0.5, 0.6) is 5.75 Å². The lowest BCUT2D eigenvalue weighted by atomic mass is 10.3. The van der Waals surface area contributed by atoms with E-state index in [0.29, 0.717) is 13.0 Å². The summed E-state index contributed by atoms with van der Waals surface area (Å²) in [7, 11) is 0. The van der Waals surface area contributed by atoms with Crippen molar-refractivity contribution >= 4 is 27.3 Å². The fourth-order valence-electron chi connectivity index (χ4n) is 1.35. The van der Waals surface area contributed by atoms with Gasteiger partial charge in [0.05, 0.1) is 5.69 Å². The molecule has 0 saturated carbocycles. The summed E-state index contributed by atoms with van der Waals surface area (Å²) in [6, 6.07) is 7.71. The summed E-state index contributed by atoms with van der Waals surface area (Å²) in [6.45, 7) is 0.599. The molecule has 0 spiro atoms. The number of ether oxygens (including phenoxy) is 1. The Morgan fingerprint density at radius 2 is 2.29 bits per heavy atom. The van der Waals surface area contributed by atoms with Gasteiger partial charge in [-0.25, -0.2) is 4.98 Å². The minimum absolute atomic E-state index is 0.135. The number of aliphatic hydroxyl groups is 1. The first-order valence-corrected chi connectivity index (χ1v) is 6.87. The third-order valence-electron chi connectivity index (χ3n) is 2.13. The molecule has 0 amide bonds. The highest BCUT2D eigenvalue weighted by Crippen LogP contribution is 2.19. The maximum atomic E-state index is 8.80. The second-order valence-corrected chi connectivity index (χ2v) is 5.31. The van der Waals surface area contributed by atoms with Crippen molar-refractivity contribution in [1.29, 1.82) is 0 Å². The lowest BCUT2D eigenvalue weighted by Crippen LogP contribution is -1.96. The minimum Gasteiger partial charge on any atom is -0.486 e. The summed E-state index contributed by atoms with van der Waals surface area (Å²) in [4.78, 5) is 4.36. The van der Waals surface area contributed by atoms with Crippen LogP contribution in [0.4, 0.5) is 0 Å². The first kappa shape index (κ1) is 12.5. The lowest BCUT2D eigenvalue weighted by Gasteiger charge is -2.03. The summed E-state index contributed by atoms with van der Waals surface area (Å²) < 4.78 is 6.62. The highest BCUT2D eigenvalue weighted by Gasteiger charge is 2.02. The van der Waals surface area contributed by atoms with Crippen LogP contribution in [-0.2, 0) is 13.0 Å². The number of rotatable bonds is 5. The Morgan fingerprint density at radius 3 is 3.06 bits per heavy atom. The third-order valence-corrected chi connectivity index (χ3v) is 3.49. The topological polar surface area (TPSA) is 42.4 Å². The molecule has 0 saturated heterocycles. The Bertz CT molecular complexity index is 487. The third kappa shape index (κ3) is 3.80. The standard InChI is InChI=1S/C12H12BrNO2S/c13-9-2-1-3-11(6-9)16-7-12-14-10(4-5-15)8-17-12/h1-3,6,8,15H,4-5,7H2. The van der Waals surface area contributed by atoms with Crippen LogP contribution in [0.25, 0.3) is 0 Å². The van der Waals surface area contributed by atoms with E-state index in [-0.39, 0.29) is 6.61 Å². The molecular weight excluding hydrogens is 302 g/mol. The second kappa shape index (κ2) is 6.14. The van der Waals surface area contributed by atoms with Crippen LogP contribution in [0.15, 0.2) is 34.1 Å². The number of hydrogen-bond acceptors (Lipinski definition) is 4. The van der Waals surface area contributed by atoms with Gasteiger partial charge in [-0.2, -0.15) is 0 Å². The number of aliphatic hydroxyl groups excluding tert-OH is 1. The molecule has 2 aromatic rings. The zero-order valence-corrected chi connectivity index (χ0v) is 11.5. The Kier molecular flexibility index (Phi) is 4.53. The normalized spacial score (nSPS) is 10.5. The SMILES string of the molecule is OCCc1csc(COc2cccc(Br)c2)n1. The molecule has 3 nitrogen and oxygen atoms in total. The maximum Gasteiger partial charge on any atom is 0.140 e. The van der Waals surface area contributed by atoms with Gasteiger partial charge in [0.1, 0.15) is 17.4 Å². The maximum absolute atomic E-state index is 8.80. The van der Waals surface area contributed by atoms with E-state index < -0.39 is 0 Å². The summed E-state index contributed by atoms with van der Waals surface area (Å²) in [5, 5.41) is 11.7. The van der Waals surface area contributed by atoms with Crippen LogP contribution in [0, 0.1) is 0 Å². The highest BCUT2D eigenvalue weighted by atomic mass is 79.9. The zero-order chi connectivity index (χ0) is 12.1. The largest absolute Gasteiger partial charge is 0.486 e. The highest BCUT2D eigenvalue weighted by molar-refractivity contribution is 9.10. The van der Waals surface area contributed by atoms with Crippen molar-refractivity contribution in [1.82, 2.24) is 4.98 Å². The lowest BCUT2D eigenvalue weighted by molar-refractivity contribution is 0.295. The van der Waals surface area contributed by atoms with E-state index in [1.807, 2.05) is 29.6 Å². The van der Waals surface area contributed by atoms with E-state index in [4.69, 9.17) is 9.84 Å². The summed E-state index contributed by atoms with van der Waals surface area (Å²) in [5.74, 6) is 0.818. The molecular formula is C12H12BrNO2S. The summed E-state index contributed by atoms with van der Waals surface area (Å²) in [6.07, 6.45) is 0.605. The van der Waals surface area contributed by atoms with E-state index >= 15 is 0 Å². The van der Waals surface area contributed by atoms with Gasteiger partial charge < -0.3 is 9.84 Å². The smallest absolute Gasteiger partial charge is 0.140 e. The number of aromatic nitrogens is 1. The Balaban J connectivity index is 1.93. The molecule has 1 heterocycles. The van der Waals surface area contributed by atoms with Crippen molar-refractivity contribution < 1.29 is 9.84 Å². The molecule has 1 N–H and O–H groups in total. The van der Waals surface area contributed by atoms with E-state index in [1.165, 1.54) is 0 Å². The molecule has 0 aliphatic rings. The fraction of sp³-hybridized carbons (Fsp3) is 0.250. The van der Waals surface area contributed by atoms with Crippen LogP contribution in [0.1, 0.15) is 10.7 Å². The van der Waals surface area contributed by atoms with Crippen molar-refractivity contribution in [3.05, 3.63) is 44.8 Å². The molecule has 90 valence electrons. The second-order valence-electron chi connectivity index (χ2n) is 3.45. The van der Waals surface area contributed by atoms with Crippen LogP contribution in [0.3, 0.4) is 0 Å². The predicted octanol–water partition coefficient (Wildman–Crippen LogP) is 3.02. The average Bonchev–Trinajstić information content (AvgIpc) is 2.75. The zero-order valence-electron chi connectivity index (χ0n) is 9.10. The van der Waals surface area contributed by atoms with E-state index in [1.54, 1.807) is 11.3 Å². The van der Waals surface area contributed by atoms with E-state index in [9.17, 15) is 0 Å². The molecule has 17 heavy (non-hydrogen) atoms. The van der Waals surface area contributed by atoms with Crippen LogP contribution >= 0.6 is 27.3 Å². The van der Waals surface area contributed by atoms with Crippen molar-refractivity contribution in [2.24, 2.45) is 0 Å². The summed E-state index contributed by atoms with van der Waals surface area (Å²) >= 11 is 4.95. The summed E-state index contributed by atoms with van der Waals surface area (Å²) in [5.41, 5.74) is 0.922. The Hall–Kier alpha value is -0.910. The van der Waals surface area contributed by atoms with Crippen LogP contribution in [-0.4, -0.2) is 16.7 Å². The molecule has 0 radical (unpaired) electrons. The molecule has 0 aliphatic heterocycles. The Labute approximate surface area is 112 Å². The van der Waals surface area contributed by atoms with Gasteiger partial charge in [0.25, 0.3) is 0 Å². The van der Waals surface area contributed by atoms with Crippen molar-refractivity contribution in [2.75, 3.05) is 6.61 Å². The Morgan fingerprint density at radius 1 is 1.41 bits per heavy atom. The van der Waals surface area contributed by atoms with Gasteiger partial charge in [0.2, 0.25) is 0 Å². The quantitative estimate of drug-likeness (QED) is 0.922. The van der Waals surface area contributed by atoms with Crippen molar-refractivity contribution in [2.45, 2.75) is 13.0 Å². The fourth-order valence-corrected chi connectivity index (χ4v) is 2.46. The molecule has 0 fully saturated rings. The molecule has 0 unspecified atom stereocenters. The van der Waals surface area contributed by atoms with Gasteiger partial charge in [-0.05, 0) is 18.2 Å². The van der Waals surface area contributed by atoms with Crippen LogP contribution in [0.2, 0.25) is 0 Å². The first-order valence-electron chi connectivity index (χ1n) is 5.20. The molecule has 0 atom stereocenters. The molecule has 0 bridgehead atoms. The predicted molar refractivity (Wildman–Crippen MR) is 71.4 cm³/mol. The number of nitrogens with zero attached hydrogens (tertiary/aromatic N) is 1. The average molecular weight is 314 g/mol. The molecule has 1 aromatic heterocycles. The van der Waals surface area contributed by atoms with Gasteiger partial charge in [0.15, 0.2) is 0 Å². The molecule has 1 aromatic carbocycles. The van der Waals surface area contributed by atoms with Gasteiger partial charge in [-0.3, -0.25) is 0 Å². The van der Waals surface area contributed by atoms with Gasteiger partial charge >= 0.3 is 0 Å². The first-order chi connectivity index (χ1) is 8.28. The number of thiazole rings is 1. The van der Waals surface area contributed by atoms with Gasteiger partial charge in [-0.1, -0.05) is 22.0 Å². The minimum atomic E-state index is 0.135. The molecule has 2 rings (SSSR count). The van der Waals surface area contributed by atoms with Crippen molar-refractivity contribution in [3.63, 3.8) is 0 Å². The van der Waals surface area contributed by atoms with Crippen molar-refractivity contribution in [3.8, 4) is 5.75 Å². The monoisotopic (exact) mass is 313 g/mol. The number of hydrogen-bond donors (Lipinski definition) is 1. The molecule has 0 aliphatic carbocycles. The van der Waals surface area contributed by atoms with Gasteiger partial charge in [0, 0.05) is 22.9 Å². The van der Waals surface area contributed by atoms with Crippen LogP contribution < -0.4 is 4.74 Å². The van der Waals surface area contributed by atoms with E-state index in [0.717, 1.165) is 20.9 Å². The van der Waals surface area contributed by atoms with Gasteiger partial charge in [-0.15, -0.1) is 11.3 Å². The van der Waals surface area contributed by atoms with E-state index in [2.05, 4.69) is 20.9 Å². The number of halogens is 1. The molecule has 5 heteroatoms.